The molecule has 2 aromatic rings. The Morgan fingerprint density at radius 1 is 1.17 bits per heavy atom. The van der Waals surface area contributed by atoms with Crippen molar-refractivity contribution in [2.24, 2.45) is 0 Å². The van der Waals surface area contributed by atoms with Crippen LogP contribution in [0.5, 0.6) is 0 Å². The first kappa shape index (κ1) is 17.0. The summed E-state index contributed by atoms with van der Waals surface area (Å²) in [5.74, 6) is -2.38. The van der Waals surface area contributed by atoms with Gasteiger partial charge in [0.15, 0.2) is 12.3 Å². The number of ether oxygens (including phenoxy) is 1. The van der Waals surface area contributed by atoms with E-state index < -0.39 is 30.3 Å². The monoisotopic (exact) mass is 332 g/mol. The van der Waals surface area contributed by atoms with Crippen LogP contribution in [0.25, 0.3) is 0 Å². The van der Waals surface area contributed by atoms with Crippen LogP contribution in [-0.2, 0) is 9.53 Å². The normalized spacial score (nSPS) is 9.92. The van der Waals surface area contributed by atoms with E-state index in [1.165, 1.54) is 30.6 Å². The van der Waals surface area contributed by atoms with Gasteiger partial charge in [0.2, 0.25) is 0 Å². The predicted octanol–water partition coefficient (Wildman–Crippen LogP) is 1.43. The van der Waals surface area contributed by atoms with Gasteiger partial charge in [0.05, 0.1) is 17.6 Å². The van der Waals surface area contributed by atoms with E-state index in [0.29, 0.717) is 5.69 Å². The Morgan fingerprint density at radius 2 is 1.92 bits per heavy atom. The maximum Gasteiger partial charge on any atom is 0.359 e. The molecule has 0 bridgehead atoms. The summed E-state index contributed by atoms with van der Waals surface area (Å²) in [5.41, 5.74) is 0.466. The van der Waals surface area contributed by atoms with Gasteiger partial charge in [0, 0.05) is 6.20 Å². The third-order valence-corrected chi connectivity index (χ3v) is 2.70. The highest BCUT2D eigenvalue weighted by Crippen LogP contribution is 2.11. The first-order valence-corrected chi connectivity index (χ1v) is 6.77. The number of aromatic nitrogens is 2. The van der Waals surface area contributed by atoms with Crippen molar-refractivity contribution in [3.05, 3.63) is 53.9 Å². The lowest BCUT2D eigenvalue weighted by molar-refractivity contribution is -0.123. The van der Waals surface area contributed by atoms with Crippen molar-refractivity contribution in [3.63, 3.8) is 0 Å². The Balaban J connectivity index is 1.80. The molecule has 1 heterocycles. The first-order valence-electron chi connectivity index (χ1n) is 6.77. The topological polar surface area (TPSA) is 110 Å². The van der Waals surface area contributed by atoms with Gasteiger partial charge in [-0.15, -0.1) is 0 Å². The zero-order chi connectivity index (χ0) is 17.5. The van der Waals surface area contributed by atoms with Crippen LogP contribution in [0.3, 0.4) is 0 Å². The first-order chi connectivity index (χ1) is 11.5. The van der Waals surface area contributed by atoms with Gasteiger partial charge in [0.25, 0.3) is 5.91 Å². The van der Waals surface area contributed by atoms with Gasteiger partial charge >= 0.3 is 12.0 Å². The Labute approximate surface area is 136 Å². The van der Waals surface area contributed by atoms with E-state index in [1.807, 2.05) is 5.32 Å². The molecular formula is C15H13FN4O4. The molecule has 2 N–H and O–H groups in total. The molecule has 124 valence electrons. The van der Waals surface area contributed by atoms with E-state index in [9.17, 15) is 18.8 Å². The van der Waals surface area contributed by atoms with Gasteiger partial charge in [-0.25, -0.2) is 19.0 Å². The van der Waals surface area contributed by atoms with E-state index in [4.69, 9.17) is 4.74 Å². The number of urea groups is 1. The van der Waals surface area contributed by atoms with Gasteiger partial charge in [0.1, 0.15) is 5.82 Å². The highest BCUT2D eigenvalue weighted by molar-refractivity contribution is 6.02. The molecule has 0 aliphatic carbocycles. The Hall–Kier alpha value is -3.36. The number of nitrogens with one attached hydrogen (secondary N) is 2. The molecule has 0 unspecified atom stereocenters. The second-order valence-electron chi connectivity index (χ2n) is 4.60. The summed E-state index contributed by atoms with van der Waals surface area (Å²) in [6.45, 7) is 1.00. The molecule has 0 saturated heterocycles. The second kappa shape index (κ2) is 7.77. The van der Waals surface area contributed by atoms with E-state index in [0.717, 1.165) is 6.07 Å². The van der Waals surface area contributed by atoms with Crippen molar-refractivity contribution in [2.75, 3.05) is 11.9 Å². The molecule has 0 radical (unpaired) electrons. The van der Waals surface area contributed by atoms with Crippen molar-refractivity contribution < 1.29 is 23.5 Å². The van der Waals surface area contributed by atoms with Crippen molar-refractivity contribution in [1.29, 1.82) is 0 Å². The second-order valence-corrected chi connectivity index (χ2v) is 4.60. The summed E-state index contributed by atoms with van der Waals surface area (Å²) in [7, 11) is 0. The SMILES string of the molecule is Cc1cnc(C(=O)OCC(=O)NC(=O)Nc2ccccc2F)cn1. The van der Waals surface area contributed by atoms with E-state index in [1.54, 1.807) is 6.92 Å². The largest absolute Gasteiger partial charge is 0.451 e. The van der Waals surface area contributed by atoms with Gasteiger partial charge < -0.3 is 10.1 Å². The van der Waals surface area contributed by atoms with Crippen molar-refractivity contribution in [2.45, 2.75) is 6.92 Å². The molecule has 0 aliphatic rings. The van der Waals surface area contributed by atoms with Crippen LogP contribution in [0.4, 0.5) is 14.9 Å². The third kappa shape index (κ3) is 4.83. The van der Waals surface area contributed by atoms with Crippen LogP contribution < -0.4 is 10.6 Å². The lowest BCUT2D eigenvalue weighted by Crippen LogP contribution is -2.37. The number of anilines is 1. The molecule has 9 heteroatoms. The lowest BCUT2D eigenvalue weighted by atomic mass is 10.3. The summed E-state index contributed by atoms with van der Waals surface area (Å²) >= 11 is 0. The minimum atomic E-state index is -0.948. The number of aryl methyl sites for hydroxylation is 1. The van der Waals surface area contributed by atoms with E-state index >= 15 is 0 Å². The van der Waals surface area contributed by atoms with Crippen molar-refractivity contribution in [1.82, 2.24) is 15.3 Å². The molecule has 3 amide bonds. The molecular weight excluding hydrogens is 319 g/mol. The predicted molar refractivity (Wildman–Crippen MR) is 80.6 cm³/mol. The van der Waals surface area contributed by atoms with Crippen LogP contribution in [-0.4, -0.2) is 34.5 Å². The zero-order valence-corrected chi connectivity index (χ0v) is 12.6. The van der Waals surface area contributed by atoms with Crippen molar-refractivity contribution in [3.8, 4) is 0 Å². The number of nitrogens with zero attached hydrogens (tertiary/aromatic N) is 2. The molecule has 0 aliphatic heterocycles. The number of benzene rings is 1. The highest BCUT2D eigenvalue weighted by Gasteiger charge is 2.14. The summed E-state index contributed by atoms with van der Waals surface area (Å²) in [4.78, 5) is 42.4. The third-order valence-electron chi connectivity index (χ3n) is 2.70. The number of para-hydroxylation sites is 1. The van der Waals surface area contributed by atoms with Crippen LogP contribution in [0, 0.1) is 12.7 Å². The number of rotatable bonds is 4. The number of imide groups is 1. The van der Waals surface area contributed by atoms with Crippen LogP contribution >= 0.6 is 0 Å². The Kier molecular flexibility index (Phi) is 5.50. The van der Waals surface area contributed by atoms with Crippen LogP contribution in [0.1, 0.15) is 16.2 Å². The average Bonchev–Trinajstić information content (AvgIpc) is 2.55. The molecule has 2 rings (SSSR count). The minimum Gasteiger partial charge on any atom is -0.451 e. The number of esters is 1. The number of carbonyl (C=O) groups excluding carboxylic acids is 3. The van der Waals surface area contributed by atoms with Crippen LogP contribution in [0.15, 0.2) is 36.7 Å². The fourth-order valence-electron chi connectivity index (χ4n) is 1.58. The van der Waals surface area contributed by atoms with E-state index in [-0.39, 0.29) is 11.4 Å². The average molecular weight is 332 g/mol. The van der Waals surface area contributed by atoms with Gasteiger partial charge in [-0.05, 0) is 19.1 Å². The number of amides is 3. The number of hydrogen-bond acceptors (Lipinski definition) is 6. The van der Waals surface area contributed by atoms with Crippen molar-refractivity contribution >= 4 is 23.6 Å². The maximum atomic E-state index is 13.3. The molecule has 24 heavy (non-hydrogen) atoms. The molecule has 0 saturated carbocycles. The number of hydrogen-bond donors (Lipinski definition) is 2. The lowest BCUT2D eigenvalue weighted by Gasteiger charge is -2.08. The summed E-state index contributed by atoms with van der Waals surface area (Å²) in [6.07, 6.45) is 2.58. The molecule has 1 aromatic heterocycles. The molecule has 0 atom stereocenters. The summed E-state index contributed by atoms with van der Waals surface area (Å²) in [5, 5.41) is 4.06. The van der Waals surface area contributed by atoms with Gasteiger partial charge in [-0.3, -0.25) is 15.1 Å². The fourth-order valence-corrected chi connectivity index (χ4v) is 1.58. The highest BCUT2D eigenvalue weighted by atomic mass is 19.1. The number of carbonyl (C=O) groups is 3. The minimum absolute atomic E-state index is 0.0655. The standard InChI is InChI=1S/C15H13FN4O4/c1-9-6-18-12(7-17-9)14(22)24-8-13(21)20-15(23)19-11-5-3-2-4-10(11)16/h2-7H,8H2,1H3,(H2,19,20,21,23). The zero-order valence-electron chi connectivity index (χ0n) is 12.6. The fraction of sp³-hybridized carbons (Fsp3) is 0.133. The van der Waals surface area contributed by atoms with Crippen LogP contribution in [0.2, 0.25) is 0 Å². The number of halogens is 1. The molecule has 8 nitrogen and oxygen atoms in total. The molecule has 0 fully saturated rings. The van der Waals surface area contributed by atoms with Gasteiger partial charge in [-0.1, -0.05) is 12.1 Å². The Morgan fingerprint density at radius 3 is 2.58 bits per heavy atom. The Bertz CT molecular complexity index is 764. The van der Waals surface area contributed by atoms with Gasteiger partial charge in [-0.2, -0.15) is 0 Å². The quantitative estimate of drug-likeness (QED) is 0.820. The summed E-state index contributed by atoms with van der Waals surface area (Å²) in [6, 6.07) is 4.51. The maximum absolute atomic E-state index is 13.3. The molecule has 1 aromatic carbocycles. The smallest absolute Gasteiger partial charge is 0.359 e. The van der Waals surface area contributed by atoms with E-state index in [2.05, 4.69) is 15.3 Å². The molecule has 0 spiro atoms. The summed E-state index contributed by atoms with van der Waals surface area (Å²) < 4.78 is 18.0.